The first kappa shape index (κ1) is 20.7. The quantitative estimate of drug-likeness (QED) is 0.724. The van der Waals surface area contributed by atoms with Gasteiger partial charge in [0, 0.05) is 51.0 Å². The minimum Gasteiger partial charge on any atom is -0.385 e. The molecule has 1 unspecified atom stereocenters. The lowest BCUT2D eigenvalue weighted by Crippen LogP contribution is -2.63. The first-order valence-corrected chi connectivity index (χ1v) is 10.7. The van der Waals surface area contributed by atoms with Crippen LogP contribution in [0.2, 0.25) is 0 Å². The number of likely N-dealkylation sites (tertiary alicyclic amines) is 1. The number of halogens is 1. The van der Waals surface area contributed by atoms with Gasteiger partial charge < -0.3 is 19.9 Å². The summed E-state index contributed by atoms with van der Waals surface area (Å²) in [4.78, 5) is 16.7. The molecule has 2 aliphatic heterocycles. The topological polar surface area (TPSA) is 44.8 Å². The number of nitrogens with one attached hydrogen (secondary N) is 1. The van der Waals surface area contributed by atoms with Gasteiger partial charge in [-0.3, -0.25) is 0 Å². The van der Waals surface area contributed by atoms with E-state index in [1.54, 1.807) is 19.2 Å². The Kier molecular flexibility index (Phi) is 6.23. The van der Waals surface area contributed by atoms with Gasteiger partial charge in [0.15, 0.2) is 0 Å². The lowest BCUT2D eigenvalue weighted by Gasteiger charge is -2.61. The summed E-state index contributed by atoms with van der Waals surface area (Å²) in [6, 6.07) is 17.5. The highest BCUT2D eigenvalue weighted by molar-refractivity contribution is 5.74. The minimum absolute atomic E-state index is 0.0125. The molecule has 30 heavy (non-hydrogen) atoms. The zero-order valence-electron chi connectivity index (χ0n) is 17.5. The number of piperidine rings is 1. The number of hydrogen-bond acceptors (Lipinski definition) is 3. The molecule has 2 heterocycles. The maximum absolute atomic E-state index is 13.9. The maximum atomic E-state index is 13.9. The van der Waals surface area contributed by atoms with Crippen molar-refractivity contribution in [2.75, 3.05) is 44.8 Å². The molecule has 2 aromatic rings. The summed E-state index contributed by atoms with van der Waals surface area (Å²) in [7, 11) is 1.67. The van der Waals surface area contributed by atoms with Gasteiger partial charge in [-0.25, -0.2) is 9.18 Å². The van der Waals surface area contributed by atoms with Gasteiger partial charge in [-0.2, -0.15) is 0 Å². The number of hydrogen-bond donors (Lipinski definition) is 1. The summed E-state index contributed by atoms with van der Waals surface area (Å²) in [6.45, 7) is 3.67. The number of anilines is 1. The molecule has 0 aliphatic carbocycles. The highest BCUT2D eigenvalue weighted by Gasteiger charge is 2.54. The number of urea groups is 1. The fourth-order valence-corrected chi connectivity index (χ4v) is 4.91. The number of carbonyl (C=O) groups is 1. The molecule has 0 saturated carbocycles. The number of rotatable bonds is 6. The van der Waals surface area contributed by atoms with Crippen molar-refractivity contribution >= 4 is 11.7 Å². The molecule has 4 rings (SSSR count). The van der Waals surface area contributed by atoms with Gasteiger partial charge in [-0.05, 0) is 43.0 Å². The first-order valence-electron chi connectivity index (χ1n) is 10.7. The van der Waals surface area contributed by atoms with E-state index >= 15 is 0 Å². The summed E-state index contributed by atoms with van der Waals surface area (Å²) in [5.41, 5.74) is 2.29. The summed E-state index contributed by atoms with van der Waals surface area (Å²) in [5.74, 6) is -0.208. The van der Waals surface area contributed by atoms with Crippen LogP contribution in [0.1, 0.15) is 30.9 Å². The van der Waals surface area contributed by atoms with Gasteiger partial charge in [0.05, 0.1) is 6.04 Å². The predicted octanol–water partition coefficient (Wildman–Crippen LogP) is 4.22. The van der Waals surface area contributed by atoms with Crippen LogP contribution in [-0.2, 0) is 4.74 Å². The van der Waals surface area contributed by atoms with Crippen molar-refractivity contribution in [2.24, 2.45) is 5.41 Å². The molecule has 160 valence electrons. The van der Waals surface area contributed by atoms with E-state index in [0.717, 1.165) is 44.6 Å². The Morgan fingerprint density at radius 2 is 1.93 bits per heavy atom. The van der Waals surface area contributed by atoms with Gasteiger partial charge in [0.25, 0.3) is 0 Å². The standard InChI is InChI=1S/C24H30FN3O2/c1-30-16-6-13-26-23(29)27-14-11-24(12-15-27)18-28(21-10-5-9-20(25)17-21)22(24)19-7-3-2-4-8-19/h2-5,7-10,17,22H,6,11-16,18H2,1H3,(H,26,29). The zero-order valence-corrected chi connectivity index (χ0v) is 17.5. The van der Waals surface area contributed by atoms with Crippen LogP contribution in [0.3, 0.4) is 0 Å². The van der Waals surface area contributed by atoms with E-state index < -0.39 is 0 Å². The number of amides is 2. The molecule has 2 amide bonds. The SMILES string of the molecule is COCCCNC(=O)N1CCC2(CC1)CN(c1cccc(F)c1)C2c1ccccc1. The molecule has 1 spiro atoms. The molecule has 0 radical (unpaired) electrons. The summed E-state index contributed by atoms with van der Waals surface area (Å²) in [5, 5.41) is 2.99. The Morgan fingerprint density at radius 3 is 2.63 bits per heavy atom. The molecule has 1 atom stereocenters. The van der Waals surface area contributed by atoms with Crippen molar-refractivity contribution in [1.82, 2.24) is 10.2 Å². The van der Waals surface area contributed by atoms with Gasteiger partial charge in [0.1, 0.15) is 5.82 Å². The highest BCUT2D eigenvalue weighted by atomic mass is 19.1. The van der Waals surface area contributed by atoms with Gasteiger partial charge in [-0.15, -0.1) is 0 Å². The van der Waals surface area contributed by atoms with Gasteiger partial charge in [0.2, 0.25) is 0 Å². The van der Waals surface area contributed by atoms with Crippen LogP contribution in [0.5, 0.6) is 0 Å². The second-order valence-corrected chi connectivity index (χ2v) is 8.35. The summed E-state index contributed by atoms with van der Waals surface area (Å²) < 4.78 is 18.9. The summed E-state index contributed by atoms with van der Waals surface area (Å²) >= 11 is 0. The fraction of sp³-hybridized carbons (Fsp3) is 0.458. The van der Waals surface area contributed by atoms with E-state index in [2.05, 4.69) is 34.5 Å². The van der Waals surface area contributed by atoms with Crippen LogP contribution < -0.4 is 10.2 Å². The van der Waals surface area contributed by atoms with E-state index in [1.165, 1.54) is 11.6 Å². The smallest absolute Gasteiger partial charge is 0.317 e. The Bertz CT molecular complexity index is 853. The number of carbonyl (C=O) groups excluding carboxylic acids is 1. The van der Waals surface area contributed by atoms with Crippen molar-refractivity contribution in [3.05, 3.63) is 66.0 Å². The molecule has 1 N–H and O–H groups in total. The molecule has 2 aliphatic rings. The van der Waals surface area contributed by atoms with Crippen LogP contribution in [0.15, 0.2) is 54.6 Å². The number of benzene rings is 2. The molecule has 6 heteroatoms. The van der Waals surface area contributed by atoms with Crippen molar-refractivity contribution in [1.29, 1.82) is 0 Å². The first-order chi connectivity index (χ1) is 14.6. The van der Waals surface area contributed by atoms with Crippen molar-refractivity contribution in [3.63, 3.8) is 0 Å². The molecule has 2 saturated heterocycles. The third kappa shape index (κ3) is 4.15. The van der Waals surface area contributed by atoms with Crippen molar-refractivity contribution < 1.29 is 13.9 Å². The van der Waals surface area contributed by atoms with E-state index in [-0.39, 0.29) is 23.3 Å². The molecule has 0 bridgehead atoms. The van der Waals surface area contributed by atoms with Crippen LogP contribution in [0.25, 0.3) is 0 Å². The molecule has 5 nitrogen and oxygen atoms in total. The Hall–Kier alpha value is -2.60. The van der Waals surface area contributed by atoms with Crippen LogP contribution in [-0.4, -0.2) is 50.8 Å². The normalized spacial score (nSPS) is 20.1. The van der Waals surface area contributed by atoms with E-state index in [1.807, 2.05) is 17.0 Å². The lowest BCUT2D eigenvalue weighted by molar-refractivity contribution is 0.0435. The van der Waals surface area contributed by atoms with Gasteiger partial charge in [-0.1, -0.05) is 36.4 Å². The monoisotopic (exact) mass is 411 g/mol. The molecule has 2 fully saturated rings. The lowest BCUT2D eigenvalue weighted by atomic mass is 9.63. The van der Waals surface area contributed by atoms with Crippen molar-refractivity contribution in [2.45, 2.75) is 25.3 Å². The number of nitrogens with zero attached hydrogens (tertiary/aromatic N) is 2. The Balaban J connectivity index is 1.45. The maximum Gasteiger partial charge on any atom is 0.317 e. The Morgan fingerprint density at radius 1 is 1.17 bits per heavy atom. The van der Waals surface area contributed by atoms with E-state index in [4.69, 9.17) is 4.74 Å². The number of methoxy groups -OCH3 is 1. The zero-order chi connectivity index (χ0) is 21.0. The van der Waals surface area contributed by atoms with E-state index in [9.17, 15) is 9.18 Å². The van der Waals surface area contributed by atoms with Crippen LogP contribution >= 0.6 is 0 Å². The molecular weight excluding hydrogens is 381 g/mol. The van der Waals surface area contributed by atoms with Crippen LogP contribution in [0.4, 0.5) is 14.9 Å². The van der Waals surface area contributed by atoms with Crippen molar-refractivity contribution in [3.8, 4) is 0 Å². The average molecular weight is 412 g/mol. The third-order valence-corrected chi connectivity index (χ3v) is 6.48. The molecule has 0 aromatic heterocycles. The van der Waals surface area contributed by atoms with Crippen LogP contribution in [0, 0.1) is 11.2 Å². The minimum atomic E-state index is -0.208. The molecule has 2 aromatic carbocycles. The second-order valence-electron chi connectivity index (χ2n) is 8.35. The average Bonchev–Trinajstić information content (AvgIpc) is 2.76. The van der Waals surface area contributed by atoms with Gasteiger partial charge >= 0.3 is 6.03 Å². The summed E-state index contributed by atoms with van der Waals surface area (Å²) in [6.07, 6.45) is 2.71. The highest BCUT2D eigenvalue weighted by Crippen LogP contribution is 2.56. The van der Waals surface area contributed by atoms with E-state index in [0.29, 0.717) is 13.2 Å². The second kappa shape index (κ2) is 9.04. The fourth-order valence-electron chi connectivity index (χ4n) is 4.91. The molecular formula is C24H30FN3O2. The Labute approximate surface area is 177 Å². The predicted molar refractivity (Wildman–Crippen MR) is 116 cm³/mol. The largest absolute Gasteiger partial charge is 0.385 e. The third-order valence-electron chi connectivity index (χ3n) is 6.48. The number of ether oxygens (including phenoxy) is 1.